The summed E-state index contributed by atoms with van der Waals surface area (Å²) in [6, 6.07) is 25.4. The molecule has 0 radical (unpaired) electrons. The molecule has 1 atom stereocenters. The summed E-state index contributed by atoms with van der Waals surface area (Å²) in [4.78, 5) is 0. The van der Waals surface area contributed by atoms with E-state index in [9.17, 15) is 5.11 Å². The van der Waals surface area contributed by atoms with E-state index in [0.29, 0.717) is 19.8 Å². The summed E-state index contributed by atoms with van der Waals surface area (Å²) in [6.45, 7) is 5.43. The van der Waals surface area contributed by atoms with Crippen LogP contribution in [0.4, 0.5) is 0 Å². The Kier molecular flexibility index (Phi) is 7.28. The molecule has 4 heteroatoms. The highest BCUT2D eigenvalue weighted by Gasteiger charge is 2.26. The van der Waals surface area contributed by atoms with Gasteiger partial charge in [0.05, 0.1) is 26.4 Å². The molecule has 0 aromatic heterocycles. The number of hydrogen-bond donors (Lipinski definition) is 1. The fourth-order valence-electron chi connectivity index (χ4n) is 3.06. The van der Waals surface area contributed by atoms with Crippen molar-refractivity contribution in [2.24, 2.45) is 0 Å². The standard InChI is InChI=1S/C25H28O4/c1-3-28-22-14-12-21(13-15-22)25(2,18-26)19-27-17-20-8-7-11-24(16-20)29-23-9-5-4-6-10-23/h4-16,26H,3,17-19H2,1-2H3. The predicted octanol–water partition coefficient (Wildman–Crippen LogP) is 5.34. The van der Waals surface area contributed by atoms with Gasteiger partial charge >= 0.3 is 0 Å². The zero-order valence-corrected chi connectivity index (χ0v) is 17.0. The normalized spacial score (nSPS) is 12.9. The smallest absolute Gasteiger partial charge is 0.127 e. The minimum absolute atomic E-state index is 0.00185. The molecule has 0 bridgehead atoms. The van der Waals surface area contributed by atoms with E-state index < -0.39 is 5.41 Å². The highest BCUT2D eigenvalue weighted by Crippen LogP contribution is 2.27. The minimum Gasteiger partial charge on any atom is -0.494 e. The summed E-state index contributed by atoms with van der Waals surface area (Å²) in [7, 11) is 0. The third-order valence-electron chi connectivity index (χ3n) is 4.78. The maximum atomic E-state index is 9.99. The van der Waals surface area contributed by atoms with Crippen molar-refractivity contribution >= 4 is 0 Å². The molecule has 0 saturated carbocycles. The van der Waals surface area contributed by atoms with Crippen LogP contribution in [0.25, 0.3) is 0 Å². The Morgan fingerprint density at radius 3 is 2.24 bits per heavy atom. The van der Waals surface area contributed by atoms with Crippen LogP contribution in [0, 0.1) is 0 Å². The highest BCUT2D eigenvalue weighted by atomic mass is 16.5. The molecule has 152 valence electrons. The van der Waals surface area contributed by atoms with E-state index in [2.05, 4.69) is 0 Å². The number of para-hydroxylation sites is 1. The Morgan fingerprint density at radius 2 is 1.55 bits per heavy atom. The summed E-state index contributed by atoms with van der Waals surface area (Å²) in [6.07, 6.45) is 0. The summed E-state index contributed by atoms with van der Waals surface area (Å²) in [5.41, 5.74) is 1.55. The molecule has 3 rings (SSSR count). The number of aliphatic hydroxyl groups is 1. The molecule has 29 heavy (non-hydrogen) atoms. The first kappa shape index (κ1) is 20.9. The monoisotopic (exact) mass is 392 g/mol. The third kappa shape index (κ3) is 5.83. The lowest BCUT2D eigenvalue weighted by atomic mass is 9.84. The molecule has 0 spiro atoms. The Labute approximate surface area is 172 Å². The van der Waals surface area contributed by atoms with Crippen molar-refractivity contribution < 1.29 is 19.3 Å². The maximum Gasteiger partial charge on any atom is 0.127 e. The van der Waals surface area contributed by atoms with Crippen molar-refractivity contribution in [2.75, 3.05) is 19.8 Å². The topological polar surface area (TPSA) is 47.9 Å². The molecule has 0 aliphatic rings. The average Bonchev–Trinajstić information content (AvgIpc) is 2.75. The number of hydrogen-bond acceptors (Lipinski definition) is 4. The van der Waals surface area contributed by atoms with Gasteiger partial charge in [-0.1, -0.05) is 49.4 Å². The van der Waals surface area contributed by atoms with Gasteiger partial charge in [0.2, 0.25) is 0 Å². The van der Waals surface area contributed by atoms with Gasteiger partial charge in [-0.05, 0) is 54.4 Å². The van der Waals surface area contributed by atoms with Crippen molar-refractivity contribution in [1.82, 2.24) is 0 Å². The van der Waals surface area contributed by atoms with E-state index in [1.165, 1.54) is 0 Å². The fraction of sp³-hybridized carbons (Fsp3) is 0.280. The van der Waals surface area contributed by atoms with Crippen LogP contribution in [0.3, 0.4) is 0 Å². The maximum absolute atomic E-state index is 9.99. The highest BCUT2D eigenvalue weighted by molar-refractivity contribution is 5.34. The summed E-state index contributed by atoms with van der Waals surface area (Å²) in [5.74, 6) is 2.40. The Balaban J connectivity index is 1.59. The van der Waals surface area contributed by atoms with Crippen LogP contribution in [-0.2, 0) is 16.8 Å². The van der Waals surface area contributed by atoms with Crippen LogP contribution in [0.5, 0.6) is 17.2 Å². The van der Waals surface area contributed by atoms with Crippen molar-refractivity contribution in [3.05, 3.63) is 90.0 Å². The third-order valence-corrected chi connectivity index (χ3v) is 4.78. The number of ether oxygens (including phenoxy) is 3. The largest absolute Gasteiger partial charge is 0.494 e. The number of benzene rings is 3. The van der Waals surface area contributed by atoms with Gasteiger partial charge in [-0.2, -0.15) is 0 Å². The van der Waals surface area contributed by atoms with Gasteiger partial charge in [0.25, 0.3) is 0 Å². The molecular weight excluding hydrogens is 364 g/mol. The van der Waals surface area contributed by atoms with Gasteiger partial charge in [-0.15, -0.1) is 0 Å². The average molecular weight is 392 g/mol. The summed E-state index contributed by atoms with van der Waals surface area (Å²) in [5, 5.41) is 9.99. The lowest BCUT2D eigenvalue weighted by molar-refractivity contribution is 0.0496. The van der Waals surface area contributed by atoms with Crippen LogP contribution in [0.1, 0.15) is 25.0 Å². The van der Waals surface area contributed by atoms with Crippen LogP contribution in [-0.4, -0.2) is 24.9 Å². The number of rotatable bonds is 10. The van der Waals surface area contributed by atoms with E-state index >= 15 is 0 Å². The Hall–Kier alpha value is -2.82. The van der Waals surface area contributed by atoms with Gasteiger partial charge in [0, 0.05) is 5.41 Å². The van der Waals surface area contributed by atoms with Gasteiger partial charge in [-0.3, -0.25) is 0 Å². The summed E-state index contributed by atoms with van der Waals surface area (Å²) < 4.78 is 17.3. The van der Waals surface area contributed by atoms with Crippen LogP contribution < -0.4 is 9.47 Å². The molecule has 0 amide bonds. The molecule has 3 aromatic carbocycles. The van der Waals surface area contributed by atoms with Gasteiger partial charge in [0.1, 0.15) is 17.2 Å². The molecule has 3 aromatic rings. The quantitative estimate of drug-likeness (QED) is 0.506. The molecule has 1 N–H and O–H groups in total. The van der Waals surface area contributed by atoms with Gasteiger partial charge in [-0.25, -0.2) is 0 Å². The second-order valence-corrected chi connectivity index (χ2v) is 7.23. The SMILES string of the molecule is CCOc1ccc(C(C)(CO)COCc2cccc(Oc3ccccc3)c2)cc1. The van der Waals surface area contributed by atoms with E-state index in [-0.39, 0.29) is 6.61 Å². The molecule has 0 heterocycles. The van der Waals surface area contributed by atoms with E-state index in [4.69, 9.17) is 14.2 Å². The first-order chi connectivity index (χ1) is 14.1. The first-order valence-electron chi connectivity index (χ1n) is 9.87. The van der Waals surface area contributed by atoms with Gasteiger partial charge < -0.3 is 19.3 Å². The molecule has 0 aliphatic heterocycles. The van der Waals surface area contributed by atoms with Crippen LogP contribution >= 0.6 is 0 Å². The summed E-state index contributed by atoms with van der Waals surface area (Å²) >= 11 is 0. The van der Waals surface area contributed by atoms with Crippen LogP contribution in [0.15, 0.2) is 78.9 Å². The van der Waals surface area contributed by atoms with Crippen molar-refractivity contribution in [2.45, 2.75) is 25.9 Å². The van der Waals surface area contributed by atoms with Crippen molar-refractivity contribution in [1.29, 1.82) is 0 Å². The number of aliphatic hydroxyl groups excluding tert-OH is 1. The van der Waals surface area contributed by atoms with Gasteiger partial charge in [0.15, 0.2) is 0 Å². The molecule has 0 aliphatic carbocycles. The molecule has 0 fully saturated rings. The van der Waals surface area contributed by atoms with E-state index in [1.807, 2.05) is 92.7 Å². The zero-order valence-electron chi connectivity index (χ0n) is 17.0. The lowest BCUT2D eigenvalue weighted by Gasteiger charge is -2.28. The predicted molar refractivity (Wildman–Crippen MR) is 115 cm³/mol. The van der Waals surface area contributed by atoms with E-state index in [1.54, 1.807) is 0 Å². The van der Waals surface area contributed by atoms with Crippen molar-refractivity contribution in [3.63, 3.8) is 0 Å². The molecule has 0 saturated heterocycles. The lowest BCUT2D eigenvalue weighted by Crippen LogP contribution is -2.32. The second kappa shape index (κ2) is 10.1. The molecular formula is C25H28O4. The fourth-order valence-corrected chi connectivity index (χ4v) is 3.06. The van der Waals surface area contributed by atoms with Crippen LogP contribution in [0.2, 0.25) is 0 Å². The first-order valence-corrected chi connectivity index (χ1v) is 9.87. The minimum atomic E-state index is -0.483. The molecule has 4 nitrogen and oxygen atoms in total. The van der Waals surface area contributed by atoms with E-state index in [0.717, 1.165) is 28.4 Å². The second-order valence-electron chi connectivity index (χ2n) is 7.23. The Morgan fingerprint density at radius 1 is 0.828 bits per heavy atom. The van der Waals surface area contributed by atoms with Crippen molar-refractivity contribution in [3.8, 4) is 17.2 Å². The Bertz CT molecular complexity index is 877. The molecule has 1 unspecified atom stereocenters. The zero-order chi connectivity index (χ0) is 20.5.